The number of para-hydroxylation sites is 1. The maximum Gasteiger partial charge on any atom is 0.327 e. The minimum absolute atomic E-state index is 0.309. The first-order valence-electron chi connectivity index (χ1n) is 11.5. The smallest absolute Gasteiger partial charge is 0.327 e. The Hall–Kier alpha value is -3.91. The average Bonchev–Trinajstić information content (AvgIpc) is 2.90. The first-order valence-corrected chi connectivity index (χ1v) is 11.5. The molecule has 182 valence electrons. The third kappa shape index (κ3) is 5.44. The first-order chi connectivity index (χ1) is 17.0. The molecule has 0 radical (unpaired) electrons. The minimum atomic E-state index is -0.494. The molecule has 1 amide bonds. The SMILES string of the molecule is CNc1ccccc1C(=O)Nc1ccc(N2CCN(C(C(=O)OC)c3ccccc3)CC2)c(F)c1. The molecule has 1 saturated heterocycles. The number of carbonyl (C=O) groups excluding carboxylic acids is 2. The monoisotopic (exact) mass is 476 g/mol. The maximum atomic E-state index is 15.0. The summed E-state index contributed by atoms with van der Waals surface area (Å²) in [7, 11) is 3.13. The molecule has 3 aromatic carbocycles. The fourth-order valence-corrected chi connectivity index (χ4v) is 4.40. The van der Waals surface area contributed by atoms with E-state index in [1.165, 1.54) is 13.2 Å². The van der Waals surface area contributed by atoms with Gasteiger partial charge in [0.05, 0.1) is 18.4 Å². The van der Waals surface area contributed by atoms with Crippen LogP contribution in [0.25, 0.3) is 0 Å². The van der Waals surface area contributed by atoms with E-state index in [-0.39, 0.29) is 11.9 Å². The molecule has 3 aromatic rings. The number of halogens is 1. The molecule has 0 saturated carbocycles. The number of piperazine rings is 1. The second-order valence-corrected chi connectivity index (χ2v) is 8.28. The van der Waals surface area contributed by atoms with Crippen LogP contribution >= 0.6 is 0 Å². The van der Waals surface area contributed by atoms with Crippen molar-refractivity contribution >= 4 is 28.9 Å². The summed E-state index contributed by atoms with van der Waals surface area (Å²) >= 11 is 0. The van der Waals surface area contributed by atoms with Crippen LogP contribution in [0, 0.1) is 5.82 Å². The molecule has 35 heavy (non-hydrogen) atoms. The lowest BCUT2D eigenvalue weighted by Gasteiger charge is -2.39. The van der Waals surface area contributed by atoms with E-state index in [2.05, 4.69) is 15.5 Å². The van der Waals surface area contributed by atoms with Gasteiger partial charge < -0.3 is 20.3 Å². The van der Waals surface area contributed by atoms with Gasteiger partial charge in [-0.15, -0.1) is 0 Å². The van der Waals surface area contributed by atoms with Gasteiger partial charge in [0.2, 0.25) is 0 Å². The predicted octanol–water partition coefficient (Wildman–Crippen LogP) is 4.16. The van der Waals surface area contributed by atoms with Crippen LogP contribution in [-0.4, -0.2) is 57.1 Å². The molecule has 0 spiro atoms. The van der Waals surface area contributed by atoms with Crippen LogP contribution in [0.15, 0.2) is 72.8 Å². The first kappa shape index (κ1) is 24.2. The van der Waals surface area contributed by atoms with Gasteiger partial charge in [-0.25, -0.2) is 9.18 Å². The summed E-state index contributed by atoms with van der Waals surface area (Å²) in [6, 6.07) is 20.9. The molecule has 1 heterocycles. The number of nitrogens with one attached hydrogen (secondary N) is 2. The van der Waals surface area contributed by atoms with Crippen molar-refractivity contribution in [2.75, 3.05) is 55.9 Å². The van der Waals surface area contributed by atoms with Crippen molar-refractivity contribution in [1.82, 2.24) is 4.90 Å². The van der Waals surface area contributed by atoms with Gasteiger partial charge in [-0.2, -0.15) is 0 Å². The fraction of sp³-hybridized carbons (Fsp3) is 0.259. The van der Waals surface area contributed by atoms with Gasteiger partial charge in [0.25, 0.3) is 5.91 Å². The Morgan fingerprint density at radius 1 is 0.943 bits per heavy atom. The topological polar surface area (TPSA) is 73.9 Å². The number of rotatable bonds is 7. The van der Waals surface area contributed by atoms with E-state index in [4.69, 9.17) is 4.74 Å². The van der Waals surface area contributed by atoms with E-state index in [9.17, 15) is 9.59 Å². The van der Waals surface area contributed by atoms with Crippen LogP contribution in [0.2, 0.25) is 0 Å². The molecule has 1 aliphatic heterocycles. The molecule has 1 unspecified atom stereocenters. The third-order valence-electron chi connectivity index (χ3n) is 6.21. The molecule has 1 fully saturated rings. The Morgan fingerprint density at radius 2 is 1.63 bits per heavy atom. The van der Waals surface area contributed by atoms with E-state index in [0.29, 0.717) is 48.8 Å². The van der Waals surface area contributed by atoms with E-state index < -0.39 is 11.9 Å². The number of nitrogens with zero attached hydrogens (tertiary/aromatic N) is 2. The molecule has 8 heteroatoms. The maximum absolute atomic E-state index is 15.0. The summed E-state index contributed by atoms with van der Waals surface area (Å²) in [4.78, 5) is 29.2. The molecule has 2 N–H and O–H groups in total. The number of ether oxygens (including phenoxy) is 1. The summed E-state index contributed by atoms with van der Waals surface area (Å²) in [5.74, 6) is -1.04. The normalized spacial score (nSPS) is 14.8. The lowest BCUT2D eigenvalue weighted by atomic mass is 10.0. The van der Waals surface area contributed by atoms with Gasteiger partial charge in [-0.05, 0) is 35.9 Å². The summed E-state index contributed by atoms with van der Waals surface area (Å²) in [6.07, 6.45) is 0. The highest BCUT2D eigenvalue weighted by Gasteiger charge is 2.31. The number of carbonyl (C=O) groups is 2. The largest absolute Gasteiger partial charge is 0.468 e. The minimum Gasteiger partial charge on any atom is -0.468 e. The van der Waals surface area contributed by atoms with Gasteiger partial charge in [0, 0.05) is 44.6 Å². The Bertz CT molecular complexity index is 1180. The zero-order valence-corrected chi connectivity index (χ0v) is 19.8. The highest BCUT2D eigenvalue weighted by atomic mass is 19.1. The lowest BCUT2D eigenvalue weighted by molar-refractivity contribution is -0.147. The number of hydrogen-bond donors (Lipinski definition) is 2. The second kappa shape index (κ2) is 11.0. The molecule has 0 aromatic heterocycles. The van der Waals surface area contributed by atoms with E-state index in [1.54, 1.807) is 37.4 Å². The molecule has 0 aliphatic carbocycles. The zero-order chi connectivity index (χ0) is 24.8. The van der Waals surface area contributed by atoms with Crippen molar-refractivity contribution in [3.63, 3.8) is 0 Å². The van der Waals surface area contributed by atoms with Gasteiger partial charge in [0.1, 0.15) is 11.9 Å². The van der Waals surface area contributed by atoms with E-state index >= 15 is 4.39 Å². The fourth-order valence-electron chi connectivity index (χ4n) is 4.40. The number of anilines is 3. The van der Waals surface area contributed by atoms with Crippen molar-refractivity contribution in [3.8, 4) is 0 Å². The number of esters is 1. The summed E-state index contributed by atoms with van der Waals surface area (Å²) < 4.78 is 20.1. The van der Waals surface area contributed by atoms with Crippen molar-refractivity contribution < 1.29 is 18.7 Å². The van der Waals surface area contributed by atoms with Gasteiger partial charge >= 0.3 is 5.97 Å². The van der Waals surface area contributed by atoms with Gasteiger partial charge in [-0.1, -0.05) is 42.5 Å². The summed E-state index contributed by atoms with van der Waals surface area (Å²) in [5, 5.41) is 5.75. The number of amides is 1. The van der Waals surface area contributed by atoms with Crippen LogP contribution in [0.5, 0.6) is 0 Å². The number of hydrogen-bond acceptors (Lipinski definition) is 6. The standard InChI is InChI=1S/C27H29FN4O3/c1-29-23-11-7-6-10-21(23)26(33)30-20-12-13-24(22(28)18-20)31-14-16-32(17-15-31)25(27(34)35-2)19-8-4-3-5-9-19/h3-13,18,25,29H,14-17H2,1-2H3,(H,30,33). The quantitative estimate of drug-likeness (QED) is 0.499. The molecular weight excluding hydrogens is 447 g/mol. The highest BCUT2D eigenvalue weighted by molar-refractivity contribution is 6.08. The lowest BCUT2D eigenvalue weighted by Crippen LogP contribution is -2.49. The molecule has 1 aliphatic rings. The van der Waals surface area contributed by atoms with Crippen molar-refractivity contribution in [2.24, 2.45) is 0 Å². The van der Waals surface area contributed by atoms with E-state index in [1.807, 2.05) is 41.3 Å². The molecular formula is C27H29FN4O3. The Labute approximate surface area is 204 Å². The van der Waals surface area contributed by atoms with Crippen LogP contribution in [-0.2, 0) is 9.53 Å². The average molecular weight is 477 g/mol. The molecule has 7 nitrogen and oxygen atoms in total. The van der Waals surface area contributed by atoms with Crippen molar-refractivity contribution in [3.05, 3.63) is 89.7 Å². The summed E-state index contributed by atoms with van der Waals surface area (Å²) in [6.45, 7) is 2.26. The third-order valence-corrected chi connectivity index (χ3v) is 6.21. The van der Waals surface area contributed by atoms with Gasteiger partial charge in [0.15, 0.2) is 0 Å². The van der Waals surface area contributed by atoms with Crippen LogP contribution in [0.4, 0.5) is 21.5 Å². The van der Waals surface area contributed by atoms with Gasteiger partial charge in [-0.3, -0.25) is 9.69 Å². The Balaban J connectivity index is 1.43. The number of benzene rings is 3. The highest BCUT2D eigenvalue weighted by Crippen LogP contribution is 2.28. The van der Waals surface area contributed by atoms with Crippen molar-refractivity contribution in [1.29, 1.82) is 0 Å². The van der Waals surface area contributed by atoms with Crippen LogP contribution in [0.3, 0.4) is 0 Å². The molecule has 0 bridgehead atoms. The number of methoxy groups -OCH3 is 1. The Kier molecular flexibility index (Phi) is 7.62. The predicted molar refractivity (Wildman–Crippen MR) is 135 cm³/mol. The Morgan fingerprint density at radius 3 is 2.29 bits per heavy atom. The molecule has 4 rings (SSSR count). The van der Waals surface area contributed by atoms with Crippen LogP contribution in [0.1, 0.15) is 22.0 Å². The van der Waals surface area contributed by atoms with Crippen molar-refractivity contribution in [2.45, 2.75) is 6.04 Å². The second-order valence-electron chi connectivity index (χ2n) is 8.28. The summed E-state index contributed by atoms with van der Waals surface area (Å²) in [5.41, 5.74) is 2.90. The van der Waals surface area contributed by atoms with E-state index in [0.717, 1.165) is 5.56 Å². The zero-order valence-electron chi connectivity index (χ0n) is 19.8. The molecule has 1 atom stereocenters. The van der Waals surface area contributed by atoms with Crippen LogP contribution < -0.4 is 15.5 Å².